The minimum atomic E-state index is 0.00634. The van der Waals surface area contributed by atoms with Crippen molar-refractivity contribution in [3.8, 4) is 23.0 Å². The van der Waals surface area contributed by atoms with E-state index in [-0.39, 0.29) is 23.0 Å². The Balaban J connectivity index is 2.32. The summed E-state index contributed by atoms with van der Waals surface area (Å²) in [5, 5.41) is 21.3. The van der Waals surface area contributed by atoms with Gasteiger partial charge in [0.15, 0.2) is 11.5 Å². The lowest BCUT2D eigenvalue weighted by atomic mass is 9.99. The van der Waals surface area contributed by atoms with Crippen LogP contribution in [0.5, 0.6) is 23.0 Å². The number of rotatable bonds is 31. The van der Waals surface area contributed by atoms with E-state index in [2.05, 4.69) is 137 Å². The van der Waals surface area contributed by atoms with Gasteiger partial charge >= 0.3 is 0 Å². The van der Waals surface area contributed by atoms with Crippen molar-refractivity contribution in [2.24, 2.45) is 0 Å². The molecule has 0 bridgehead atoms. The SMILES string of the molecule is COc1c(O)c(C)c(C/C=C(\C)CC/C=C(\C)CC/C=C(/C)CC/C=C(/C)CC/C=C(\C)CC/C=C(\C)CC/C=C(/C)CC/C=C(\C)CC/C=C(\C)CCC=C(C)C)c(O)c1OC. The molecule has 2 N–H and O–H groups in total. The lowest BCUT2D eigenvalue weighted by molar-refractivity contribution is 0.314. The van der Waals surface area contributed by atoms with Crippen LogP contribution < -0.4 is 9.47 Å². The van der Waals surface area contributed by atoms with Gasteiger partial charge in [-0.25, -0.2) is 0 Å². The summed E-state index contributed by atoms with van der Waals surface area (Å²) < 4.78 is 10.5. The number of hydrogen-bond acceptors (Lipinski definition) is 4. The van der Waals surface area contributed by atoms with Gasteiger partial charge in [-0.3, -0.25) is 0 Å². The predicted octanol–water partition coefficient (Wildman–Crippen LogP) is 18.5. The molecule has 4 nitrogen and oxygen atoms in total. The number of phenols is 2. The van der Waals surface area contributed by atoms with E-state index >= 15 is 0 Å². The van der Waals surface area contributed by atoms with Crippen LogP contribution >= 0.6 is 0 Å². The van der Waals surface area contributed by atoms with Crippen molar-refractivity contribution in [2.45, 2.75) is 205 Å². The van der Waals surface area contributed by atoms with Gasteiger partial charge < -0.3 is 19.7 Å². The second kappa shape index (κ2) is 33.3. The van der Waals surface area contributed by atoms with E-state index in [0.29, 0.717) is 17.5 Å². The molecule has 352 valence electrons. The standard InChI is InChI=1S/C59H92O4/c1-44(2)24-15-25-45(3)26-16-27-46(4)28-17-29-47(5)30-18-31-48(6)32-19-33-49(7)34-20-35-50(8)36-21-37-51(9)38-22-39-52(10)40-23-41-53(11)42-43-55-54(12)56(60)58(62-13)59(63-14)57(55)61/h24,26,28,30,32,34,36,38,40,42,60-61H,15-23,25,27,29,31,33,35,37,39,41,43H2,1-14H3/b45-26+,46-28+,47-30-,48-32+,49-34+,50-36-,51-38-,52-40+,53-42+. The maximum absolute atomic E-state index is 10.7. The predicted molar refractivity (Wildman–Crippen MR) is 278 cm³/mol. The van der Waals surface area contributed by atoms with E-state index in [9.17, 15) is 10.2 Å². The molecule has 0 saturated carbocycles. The average molecular weight is 865 g/mol. The summed E-state index contributed by atoms with van der Waals surface area (Å²) in [7, 11) is 2.91. The Morgan fingerprint density at radius 3 is 0.810 bits per heavy atom. The van der Waals surface area contributed by atoms with Crippen molar-refractivity contribution in [2.75, 3.05) is 14.2 Å². The molecular formula is C59H92O4. The molecule has 1 aromatic carbocycles. The molecule has 0 aliphatic carbocycles. The third-order valence-corrected chi connectivity index (χ3v) is 12.1. The number of hydrogen-bond donors (Lipinski definition) is 2. The molecule has 0 saturated heterocycles. The number of ether oxygens (including phenoxy) is 2. The highest BCUT2D eigenvalue weighted by Gasteiger charge is 2.22. The molecule has 0 aliphatic rings. The Kier molecular flexibility index (Phi) is 30.1. The Labute approximate surface area is 388 Å². The second-order valence-electron chi connectivity index (χ2n) is 18.7. The van der Waals surface area contributed by atoms with Crippen LogP contribution in [0.15, 0.2) is 116 Å². The van der Waals surface area contributed by atoms with Gasteiger partial charge in [0.1, 0.15) is 0 Å². The quantitative estimate of drug-likeness (QED) is 0.0577. The normalized spacial score (nSPS) is 14.2. The van der Waals surface area contributed by atoms with Crippen molar-refractivity contribution in [3.63, 3.8) is 0 Å². The molecule has 0 heterocycles. The van der Waals surface area contributed by atoms with E-state index in [1.54, 1.807) is 6.92 Å². The van der Waals surface area contributed by atoms with E-state index in [1.165, 1.54) is 89.2 Å². The van der Waals surface area contributed by atoms with E-state index in [4.69, 9.17) is 9.47 Å². The Morgan fingerprint density at radius 1 is 0.349 bits per heavy atom. The molecule has 0 aliphatic heterocycles. The fourth-order valence-corrected chi connectivity index (χ4v) is 7.62. The van der Waals surface area contributed by atoms with Crippen LogP contribution in [0.3, 0.4) is 0 Å². The minimum absolute atomic E-state index is 0.00634. The van der Waals surface area contributed by atoms with Crippen molar-refractivity contribution in [1.82, 2.24) is 0 Å². The summed E-state index contributed by atoms with van der Waals surface area (Å²) >= 11 is 0. The van der Waals surface area contributed by atoms with E-state index in [0.717, 1.165) is 96.3 Å². The van der Waals surface area contributed by atoms with Gasteiger partial charge in [-0.1, -0.05) is 116 Å². The molecule has 1 aromatic rings. The average Bonchev–Trinajstić information content (AvgIpc) is 3.21. The van der Waals surface area contributed by atoms with Crippen molar-refractivity contribution >= 4 is 0 Å². The maximum Gasteiger partial charge on any atom is 0.207 e. The molecule has 0 fully saturated rings. The summed E-state index contributed by atoms with van der Waals surface area (Å²) in [6, 6.07) is 0. The van der Waals surface area contributed by atoms with Crippen LogP contribution in [0.2, 0.25) is 0 Å². The van der Waals surface area contributed by atoms with Crippen LogP contribution in [0, 0.1) is 6.92 Å². The zero-order valence-corrected chi connectivity index (χ0v) is 42.9. The van der Waals surface area contributed by atoms with Crippen LogP contribution in [-0.2, 0) is 6.42 Å². The smallest absolute Gasteiger partial charge is 0.207 e. The molecule has 0 radical (unpaired) electrons. The maximum atomic E-state index is 10.7. The molecule has 4 heteroatoms. The molecule has 0 atom stereocenters. The summed E-state index contributed by atoms with van der Waals surface area (Å²) in [5.41, 5.74) is 15.9. The Hall–Kier alpha value is -4.18. The number of allylic oxidation sites excluding steroid dienone is 20. The molecule has 63 heavy (non-hydrogen) atoms. The van der Waals surface area contributed by atoms with Gasteiger partial charge in [0.2, 0.25) is 11.5 Å². The van der Waals surface area contributed by atoms with Gasteiger partial charge in [0.25, 0.3) is 0 Å². The monoisotopic (exact) mass is 865 g/mol. The summed E-state index contributed by atoms with van der Waals surface area (Å²) in [4.78, 5) is 0. The van der Waals surface area contributed by atoms with Gasteiger partial charge in [0.05, 0.1) is 14.2 Å². The largest absolute Gasteiger partial charge is 0.504 e. The highest BCUT2D eigenvalue weighted by molar-refractivity contribution is 5.66. The highest BCUT2D eigenvalue weighted by Crippen LogP contribution is 2.48. The Bertz CT molecular complexity index is 1840. The molecule has 0 spiro atoms. The first-order chi connectivity index (χ1) is 30.0. The number of phenolic OH excluding ortho intramolecular Hbond substituents is 2. The van der Waals surface area contributed by atoms with Crippen molar-refractivity contribution in [1.29, 1.82) is 0 Å². The first kappa shape index (κ1) is 56.8. The van der Waals surface area contributed by atoms with E-state index in [1.807, 2.05) is 0 Å². The highest BCUT2D eigenvalue weighted by atomic mass is 16.5. The third-order valence-electron chi connectivity index (χ3n) is 12.1. The zero-order valence-electron chi connectivity index (χ0n) is 42.9. The second-order valence-corrected chi connectivity index (χ2v) is 18.7. The van der Waals surface area contributed by atoms with Gasteiger partial charge in [-0.15, -0.1) is 0 Å². The molecule has 0 unspecified atom stereocenters. The van der Waals surface area contributed by atoms with Crippen molar-refractivity contribution in [3.05, 3.63) is 128 Å². The first-order valence-electron chi connectivity index (χ1n) is 24.2. The lowest BCUT2D eigenvalue weighted by Crippen LogP contribution is -1.98. The van der Waals surface area contributed by atoms with Crippen LogP contribution in [0.4, 0.5) is 0 Å². The molecule has 1 rings (SSSR count). The zero-order chi connectivity index (χ0) is 47.2. The topological polar surface area (TPSA) is 58.9 Å². The fourth-order valence-electron chi connectivity index (χ4n) is 7.62. The van der Waals surface area contributed by atoms with E-state index < -0.39 is 0 Å². The summed E-state index contributed by atoms with van der Waals surface area (Å²) in [6.07, 6.45) is 44.6. The third kappa shape index (κ3) is 26.3. The van der Waals surface area contributed by atoms with Crippen LogP contribution in [0.25, 0.3) is 0 Å². The molecule has 0 amide bonds. The van der Waals surface area contributed by atoms with Crippen LogP contribution in [-0.4, -0.2) is 24.4 Å². The Morgan fingerprint density at radius 2 is 0.571 bits per heavy atom. The first-order valence-corrected chi connectivity index (χ1v) is 24.2. The number of aromatic hydroxyl groups is 2. The summed E-state index contributed by atoms with van der Waals surface area (Å²) in [5.74, 6) is 0.356. The van der Waals surface area contributed by atoms with Crippen molar-refractivity contribution < 1.29 is 19.7 Å². The lowest BCUT2D eigenvalue weighted by Gasteiger charge is -2.17. The van der Waals surface area contributed by atoms with Gasteiger partial charge in [0, 0.05) is 11.1 Å². The van der Waals surface area contributed by atoms with Gasteiger partial charge in [-0.05, 0) is 205 Å². The van der Waals surface area contributed by atoms with Gasteiger partial charge in [-0.2, -0.15) is 0 Å². The minimum Gasteiger partial charge on any atom is -0.504 e. The van der Waals surface area contributed by atoms with Crippen LogP contribution in [0.1, 0.15) is 203 Å². The molecular weight excluding hydrogens is 773 g/mol. The summed E-state index contributed by atoms with van der Waals surface area (Å²) in [6.45, 7) is 26.5. The number of benzene rings is 1. The number of methoxy groups -OCH3 is 2. The fraction of sp³-hybridized carbons (Fsp3) is 0.559. The molecule has 0 aromatic heterocycles.